The second-order valence-electron chi connectivity index (χ2n) is 7.03. The van der Waals surface area contributed by atoms with Crippen LogP contribution in [0.1, 0.15) is 23.6 Å². The number of halogens is 3. The number of hydrogen-bond acceptors (Lipinski definition) is 0. The summed E-state index contributed by atoms with van der Waals surface area (Å²) in [5, 5.41) is 0. The van der Waals surface area contributed by atoms with E-state index in [9.17, 15) is 0 Å². The molecule has 4 heteroatoms. The quantitative estimate of drug-likeness (QED) is 0.362. The summed E-state index contributed by atoms with van der Waals surface area (Å²) in [6.45, 7) is 2.37. The summed E-state index contributed by atoms with van der Waals surface area (Å²) in [5.41, 5.74) is 5.10. The molecular formula is C25H21Cl3Ti. The molecule has 1 aliphatic rings. The van der Waals surface area contributed by atoms with Gasteiger partial charge in [-0.25, -0.2) is 0 Å². The summed E-state index contributed by atoms with van der Waals surface area (Å²) < 4.78 is -0.110. The third kappa shape index (κ3) is 4.74. The van der Waals surface area contributed by atoms with Crippen LogP contribution in [0.3, 0.4) is 0 Å². The van der Waals surface area contributed by atoms with E-state index in [1.165, 1.54) is 22.3 Å². The monoisotopic (exact) mass is 474 g/mol. The third-order valence-electron chi connectivity index (χ3n) is 5.55. The van der Waals surface area contributed by atoms with E-state index < -0.39 is 0 Å². The van der Waals surface area contributed by atoms with E-state index in [1.807, 2.05) is 0 Å². The van der Waals surface area contributed by atoms with Crippen LogP contribution >= 0.6 is 0 Å². The number of allylic oxidation sites excluding steroid dienone is 4. The van der Waals surface area contributed by atoms with Crippen LogP contribution in [0.5, 0.6) is 0 Å². The molecule has 0 saturated carbocycles. The van der Waals surface area contributed by atoms with Gasteiger partial charge in [-0.2, -0.15) is 0 Å². The molecule has 0 heterocycles. The average Bonchev–Trinajstić information content (AvgIpc) is 3.13. The fraction of sp³-hybridized carbons (Fsp3) is 0.120. The summed E-state index contributed by atoms with van der Waals surface area (Å²) in [6, 6.07) is 32.4. The molecule has 29 heavy (non-hydrogen) atoms. The first-order chi connectivity index (χ1) is 12.6. The molecule has 0 spiro atoms. The molecule has 3 aromatic carbocycles. The van der Waals surface area contributed by atoms with Crippen LogP contribution in [0.25, 0.3) is 5.57 Å². The fourth-order valence-corrected chi connectivity index (χ4v) is 4.69. The van der Waals surface area contributed by atoms with Gasteiger partial charge in [0.15, 0.2) is 0 Å². The molecule has 0 aromatic heterocycles. The zero-order chi connectivity index (χ0) is 18.0. The van der Waals surface area contributed by atoms with Gasteiger partial charge < -0.3 is 37.2 Å². The maximum Gasteiger partial charge on any atom is -1.00 e. The molecule has 0 fully saturated rings. The minimum Gasteiger partial charge on any atom is -1.00 e. The van der Waals surface area contributed by atoms with Crippen LogP contribution < -0.4 is 37.2 Å². The van der Waals surface area contributed by atoms with Gasteiger partial charge in [0.05, 0.1) is 0 Å². The summed E-state index contributed by atoms with van der Waals surface area (Å²) in [4.78, 5) is 0. The SMILES string of the molecule is CC(c1ccccc1)(c1ccccc1)[C]1([Ti+3])C=CC(c2ccccc2)=C1.[Cl-].[Cl-].[Cl-]. The van der Waals surface area contributed by atoms with Gasteiger partial charge in [0, 0.05) is 0 Å². The Morgan fingerprint density at radius 2 is 1.07 bits per heavy atom. The molecule has 1 unspecified atom stereocenters. The molecule has 0 N–H and O–H groups in total. The maximum absolute atomic E-state index is 2.43. The van der Waals surface area contributed by atoms with Crippen LogP contribution in [0.15, 0.2) is 109 Å². The molecule has 0 amide bonds. The van der Waals surface area contributed by atoms with Crippen LogP contribution in [0, 0.1) is 0 Å². The molecular weight excluding hydrogens is 455 g/mol. The van der Waals surface area contributed by atoms with Gasteiger partial charge in [0.2, 0.25) is 0 Å². The minimum atomic E-state index is -0.150. The van der Waals surface area contributed by atoms with Crippen molar-refractivity contribution >= 4 is 5.57 Å². The van der Waals surface area contributed by atoms with Crippen LogP contribution in [-0.4, -0.2) is 0 Å². The Morgan fingerprint density at radius 1 is 0.655 bits per heavy atom. The van der Waals surface area contributed by atoms with Gasteiger partial charge in [0.25, 0.3) is 0 Å². The van der Waals surface area contributed by atoms with Crippen molar-refractivity contribution < 1.29 is 57.7 Å². The van der Waals surface area contributed by atoms with E-state index in [-0.39, 0.29) is 46.4 Å². The Labute approximate surface area is 204 Å². The van der Waals surface area contributed by atoms with Gasteiger partial charge in [-0.1, -0.05) is 0 Å². The van der Waals surface area contributed by atoms with Crippen molar-refractivity contribution in [2.75, 3.05) is 0 Å². The van der Waals surface area contributed by atoms with Gasteiger partial charge in [-0.3, -0.25) is 0 Å². The normalized spacial score (nSPS) is 17.4. The van der Waals surface area contributed by atoms with Crippen molar-refractivity contribution in [1.29, 1.82) is 0 Å². The van der Waals surface area contributed by atoms with E-state index in [1.54, 1.807) is 0 Å². The van der Waals surface area contributed by atoms with E-state index in [2.05, 4.69) is 137 Å². The molecule has 146 valence electrons. The first-order valence-corrected chi connectivity index (χ1v) is 9.75. The van der Waals surface area contributed by atoms with Gasteiger partial charge in [-0.15, -0.1) is 0 Å². The molecule has 0 aliphatic heterocycles. The first kappa shape index (κ1) is 25.8. The molecule has 3 aromatic rings. The standard InChI is InChI=1S/C25H21.3ClH.Ti/c1-25(22-13-7-3-8-14-22,23-15-9-4-10-16-23)24-18-17-21(19-24)20-11-5-2-6-12-20;;;;/h2-19H,1H3;3*1H;/q;;;;+3/p-3. The van der Waals surface area contributed by atoms with Gasteiger partial charge in [-0.05, 0) is 0 Å². The Morgan fingerprint density at radius 3 is 1.52 bits per heavy atom. The third-order valence-corrected chi connectivity index (χ3v) is 6.81. The van der Waals surface area contributed by atoms with E-state index >= 15 is 0 Å². The van der Waals surface area contributed by atoms with Crippen LogP contribution in [-0.2, 0) is 25.9 Å². The summed E-state index contributed by atoms with van der Waals surface area (Å²) >= 11 is 2.35. The van der Waals surface area contributed by atoms with Crippen LogP contribution in [0.2, 0.25) is 3.72 Å². The van der Waals surface area contributed by atoms with Crippen molar-refractivity contribution in [3.05, 3.63) is 126 Å². The Balaban J connectivity index is 0.00000140. The smallest absolute Gasteiger partial charge is 1.00 e. The van der Waals surface area contributed by atoms with Gasteiger partial charge >= 0.3 is 168 Å². The second kappa shape index (κ2) is 10.7. The predicted octanol–water partition coefficient (Wildman–Crippen LogP) is -2.64. The van der Waals surface area contributed by atoms with E-state index in [4.69, 9.17) is 0 Å². The summed E-state index contributed by atoms with van der Waals surface area (Å²) in [5.74, 6) is 0. The Bertz CT molecular complexity index is 914. The van der Waals surface area contributed by atoms with E-state index in [0.29, 0.717) is 0 Å². The molecule has 1 atom stereocenters. The maximum atomic E-state index is 2.43. The minimum absolute atomic E-state index is 0. The molecule has 0 saturated heterocycles. The number of hydrogen-bond donors (Lipinski definition) is 0. The zero-order valence-corrected chi connectivity index (χ0v) is 19.9. The Hall–Kier alpha value is -1.28. The average molecular weight is 476 g/mol. The summed E-state index contributed by atoms with van der Waals surface area (Å²) in [6.07, 6.45) is 7.08. The zero-order valence-electron chi connectivity index (χ0n) is 16.0. The van der Waals surface area contributed by atoms with Crippen molar-refractivity contribution in [3.63, 3.8) is 0 Å². The second-order valence-corrected chi connectivity index (χ2v) is 8.32. The van der Waals surface area contributed by atoms with Crippen molar-refractivity contribution in [2.45, 2.75) is 16.1 Å². The Kier molecular flexibility index (Phi) is 9.47. The predicted molar refractivity (Wildman–Crippen MR) is 106 cm³/mol. The van der Waals surface area contributed by atoms with E-state index in [0.717, 1.165) is 0 Å². The topological polar surface area (TPSA) is 0 Å². The molecule has 1 aliphatic carbocycles. The van der Waals surface area contributed by atoms with Crippen molar-refractivity contribution in [2.24, 2.45) is 0 Å². The molecule has 0 nitrogen and oxygen atoms in total. The summed E-state index contributed by atoms with van der Waals surface area (Å²) in [7, 11) is 0. The number of rotatable bonds is 4. The van der Waals surface area contributed by atoms with Gasteiger partial charge in [0.1, 0.15) is 0 Å². The fourth-order valence-electron chi connectivity index (χ4n) is 3.87. The van der Waals surface area contributed by atoms with Crippen LogP contribution in [0.4, 0.5) is 0 Å². The molecule has 0 radical (unpaired) electrons. The molecule has 4 rings (SSSR count). The largest absolute Gasteiger partial charge is 1.00 e. The molecule has 0 bridgehead atoms. The first-order valence-electron chi connectivity index (χ1n) is 8.97. The number of benzene rings is 3. The van der Waals surface area contributed by atoms with Crippen molar-refractivity contribution in [1.82, 2.24) is 0 Å². The van der Waals surface area contributed by atoms with Crippen molar-refractivity contribution in [3.8, 4) is 0 Å².